The summed E-state index contributed by atoms with van der Waals surface area (Å²) in [5.74, 6) is -0.595. The Morgan fingerprint density at radius 1 is 1.11 bits per heavy atom. The van der Waals surface area contributed by atoms with Gasteiger partial charge in [-0.15, -0.1) is 0 Å². The fourth-order valence-electron chi connectivity index (χ4n) is 2.84. The van der Waals surface area contributed by atoms with Gasteiger partial charge in [-0.05, 0) is 61.9 Å². The Hall–Kier alpha value is -3.03. The van der Waals surface area contributed by atoms with Crippen molar-refractivity contribution >= 4 is 28.2 Å². The number of hydrogen-bond donors (Lipinski definition) is 4. The molecule has 0 aliphatic heterocycles. The predicted molar refractivity (Wildman–Crippen MR) is 107 cm³/mol. The molecule has 2 unspecified atom stereocenters. The highest BCUT2D eigenvalue weighted by Gasteiger charge is 2.17. The second-order valence-electron chi connectivity index (χ2n) is 6.65. The van der Waals surface area contributed by atoms with Gasteiger partial charge in [0.1, 0.15) is 11.9 Å². The minimum Gasteiger partial charge on any atom is -0.390 e. The van der Waals surface area contributed by atoms with Crippen molar-refractivity contribution in [1.29, 1.82) is 0 Å². The van der Waals surface area contributed by atoms with Crippen molar-refractivity contribution in [3.8, 4) is 0 Å². The Morgan fingerprint density at radius 2 is 1.82 bits per heavy atom. The lowest BCUT2D eigenvalue weighted by Gasteiger charge is -2.16. The van der Waals surface area contributed by atoms with Gasteiger partial charge in [0.05, 0.1) is 29.5 Å². The standard InChI is InChI=1S/C21H22FN3O3/c1-12-3-9-17-16(8-10-18(24-17)21(28)13(2)26)20(12)25-19(27)11-23-15-6-4-14(22)5-7-15/h3-10,13,21,23,26,28H,11H2,1-2H3,(H,25,27). The van der Waals surface area contributed by atoms with E-state index in [0.717, 1.165) is 10.9 Å². The highest BCUT2D eigenvalue weighted by molar-refractivity contribution is 6.03. The first-order valence-corrected chi connectivity index (χ1v) is 8.91. The van der Waals surface area contributed by atoms with Gasteiger partial charge in [-0.1, -0.05) is 6.07 Å². The summed E-state index contributed by atoms with van der Waals surface area (Å²) in [6.45, 7) is 3.39. The molecule has 7 heteroatoms. The molecule has 0 radical (unpaired) electrons. The van der Waals surface area contributed by atoms with Crippen LogP contribution < -0.4 is 10.6 Å². The summed E-state index contributed by atoms with van der Waals surface area (Å²) in [6, 6.07) is 12.8. The van der Waals surface area contributed by atoms with Crippen LogP contribution in [-0.4, -0.2) is 33.8 Å². The van der Waals surface area contributed by atoms with Gasteiger partial charge in [0, 0.05) is 11.1 Å². The molecule has 3 rings (SSSR count). The molecule has 6 nitrogen and oxygen atoms in total. The second-order valence-corrected chi connectivity index (χ2v) is 6.65. The first-order valence-electron chi connectivity index (χ1n) is 8.91. The molecular weight excluding hydrogens is 361 g/mol. The predicted octanol–water partition coefficient (Wildman–Crippen LogP) is 3.15. The lowest BCUT2D eigenvalue weighted by molar-refractivity contribution is -0.114. The van der Waals surface area contributed by atoms with E-state index in [-0.39, 0.29) is 18.3 Å². The number of carbonyl (C=O) groups excluding carboxylic acids is 1. The van der Waals surface area contributed by atoms with Crippen LogP contribution >= 0.6 is 0 Å². The number of nitrogens with zero attached hydrogens (tertiary/aromatic N) is 1. The number of nitrogens with one attached hydrogen (secondary N) is 2. The van der Waals surface area contributed by atoms with E-state index < -0.39 is 12.2 Å². The summed E-state index contributed by atoms with van der Waals surface area (Å²) in [7, 11) is 0. The van der Waals surface area contributed by atoms with Crippen LogP contribution in [0.4, 0.5) is 15.8 Å². The van der Waals surface area contributed by atoms with Crippen molar-refractivity contribution < 1.29 is 19.4 Å². The van der Waals surface area contributed by atoms with Crippen molar-refractivity contribution in [3.63, 3.8) is 0 Å². The molecule has 1 amide bonds. The van der Waals surface area contributed by atoms with Crippen LogP contribution in [0.2, 0.25) is 0 Å². The Bertz CT molecular complexity index is 990. The van der Waals surface area contributed by atoms with Crippen LogP contribution in [0, 0.1) is 12.7 Å². The molecule has 0 spiro atoms. The number of aromatic nitrogens is 1. The monoisotopic (exact) mass is 383 g/mol. The first-order chi connectivity index (χ1) is 13.3. The van der Waals surface area contributed by atoms with Gasteiger partial charge in [0.15, 0.2) is 0 Å². The average Bonchev–Trinajstić information content (AvgIpc) is 2.68. The molecule has 146 valence electrons. The van der Waals surface area contributed by atoms with E-state index in [1.165, 1.54) is 19.1 Å². The molecule has 1 aromatic heterocycles. The fraction of sp³-hybridized carbons (Fsp3) is 0.238. The normalized spacial score (nSPS) is 13.2. The smallest absolute Gasteiger partial charge is 0.243 e. The van der Waals surface area contributed by atoms with E-state index in [1.54, 1.807) is 30.3 Å². The van der Waals surface area contributed by atoms with Crippen LogP contribution in [0.25, 0.3) is 10.9 Å². The first kappa shape index (κ1) is 19.7. The molecule has 0 saturated heterocycles. The van der Waals surface area contributed by atoms with Crippen molar-refractivity contribution in [3.05, 3.63) is 65.6 Å². The van der Waals surface area contributed by atoms with Crippen LogP contribution in [0.5, 0.6) is 0 Å². The number of amides is 1. The number of aliphatic hydroxyl groups is 2. The molecule has 0 aliphatic rings. The number of pyridine rings is 1. The van der Waals surface area contributed by atoms with E-state index in [0.29, 0.717) is 22.6 Å². The van der Waals surface area contributed by atoms with Gasteiger partial charge in [0.2, 0.25) is 5.91 Å². The quantitative estimate of drug-likeness (QED) is 0.525. The van der Waals surface area contributed by atoms with E-state index >= 15 is 0 Å². The summed E-state index contributed by atoms with van der Waals surface area (Å²) in [4.78, 5) is 16.8. The summed E-state index contributed by atoms with van der Waals surface area (Å²) < 4.78 is 12.9. The van der Waals surface area contributed by atoms with Crippen LogP contribution in [0.15, 0.2) is 48.5 Å². The van der Waals surface area contributed by atoms with Gasteiger partial charge >= 0.3 is 0 Å². The molecule has 0 fully saturated rings. The van der Waals surface area contributed by atoms with Crippen molar-refractivity contribution in [2.24, 2.45) is 0 Å². The molecule has 0 bridgehead atoms. The maximum Gasteiger partial charge on any atom is 0.243 e. The second kappa shape index (κ2) is 8.33. The Balaban J connectivity index is 1.78. The van der Waals surface area contributed by atoms with Gasteiger partial charge < -0.3 is 20.8 Å². The largest absolute Gasteiger partial charge is 0.390 e. The van der Waals surface area contributed by atoms with Crippen LogP contribution in [0.3, 0.4) is 0 Å². The fourth-order valence-corrected chi connectivity index (χ4v) is 2.84. The lowest BCUT2D eigenvalue weighted by atomic mass is 10.1. The number of benzene rings is 2. The van der Waals surface area contributed by atoms with Crippen LogP contribution in [-0.2, 0) is 4.79 Å². The molecule has 2 atom stereocenters. The number of rotatable bonds is 6. The third kappa shape index (κ3) is 4.44. The zero-order chi connectivity index (χ0) is 20.3. The number of aliphatic hydroxyl groups excluding tert-OH is 2. The van der Waals surface area contributed by atoms with E-state index in [4.69, 9.17) is 0 Å². The number of fused-ring (bicyclic) bond motifs is 1. The summed E-state index contributed by atoms with van der Waals surface area (Å²) in [5, 5.41) is 26.1. The van der Waals surface area contributed by atoms with Crippen LogP contribution in [0.1, 0.15) is 24.3 Å². The molecule has 28 heavy (non-hydrogen) atoms. The number of aryl methyl sites for hydroxylation is 1. The minimum atomic E-state index is -1.08. The Morgan fingerprint density at radius 3 is 2.50 bits per heavy atom. The highest BCUT2D eigenvalue weighted by Crippen LogP contribution is 2.28. The summed E-state index contributed by atoms with van der Waals surface area (Å²) >= 11 is 0. The summed E-state index contributed by atoms with van der Waals surface area (Å²) in [5.41, 5.74) is 3.11. The Kier molecular flexibility index (Phi) is 5.87. The molecule has 3 aromatic rings. The molecule has 0 aliphatic carbocycles. The average molecular weight is 383 g/mol. The minimum absolute atomic E-state index is 0.0215. The summed E-state index contributed by atoms with van der Waals surface area (Å²) in [6.07, 6.45) is -2.02. The topological polar surface area (TPSA) is 94.5 Å². The van der Waals surface area contributed by atoms with Gasteiger partial charge in [-0.2, -0.15) is 0 Å². The van der Waals surface area contributed by atoms with Crippen molar-refractivity contribution in [2.75, 3.05) is 17.2 Å². The highest BCUT2D eigenvalue weighted by atomic mass is 19.1. The molecule has 2 aromatic carbocycles. The van der Waals surface area contributed by atoms with Gasteiger partial charge in [-0.3, -0.25) is 4.79 Å². The third-order valence-corrected chi connectivity index (χ3v) is 4.42. The molecular formula is C21H22FN3O3. The zero-order valence-corrected chi connectivity index (χ0v) is 15.6. The van der Waals surface area contributed by atoms with E-state index in [1.807, 2.05) is 13.0 Å². The molecule has 1 heterocycles. The number of carbonyl (C=O) groups is 1. The van der Waals surface area contributed by atoms with E-state index in [2.05, 4.69) is 15.6 Å². The maximum absolute atomic E-state index is 12.9. The zero-order valence-electron chi connectivity index (χ0n) is 15.6. The van der Waals surface area contributed by atoms with Gasteiger partial charge in [-0.25, -0.2) is 9.37 Å². The molecule has 0 saturated carbocycles. The van der Waals surface area contributed by atoms with Crippen molar-refractivity contribution in [1.82, 2.24) is 4.98 Å². The Labute approximate surface area is 162 Å². The third-order valence-electron chi connectivity index (χ3n) is 4.42. The SMILES string of the molecule is Cc1ccc2nc(C(O)C(C)O)ccc2c1NC(=O)CNc1ccc(F)cc1. The van der Waals surface area contributed by atoms with E-state index in [9.17, 15) is 19.4 Å². The lowest BCUT2D eigenvalue weighted by Crippen LogP contribution is -2.22. The number of halogens is 1. The number of anilines is 2. The van der Waals surface area contributed by atoms with Crippen molar-refractivity contribution in [2.45, 2.75) is 26.1 Å². The molecule has 4 N–H and O–H groups in total. The number of hydrogen-bond acceptors (Lipinski definition) is 5. The van der Waals surface area contributed by atoms with Gasteiger partial charge in [0.25, 0.3) is 0 Å². The maximum atomic E-state index is 12.9.